The first-order chi connectivity index (χ1) is 11.4. The van der Waals surface area contributed by atoms with E-state index in [2.05, 4.69) is 76.5 Å². The Balaban J connectivity index is 1.82. The van der Waals surface area contributed by atoms with E-state index in [9.17, 15) is 0 Å². The number of nitrogens with zero attached hydrogens (tertiary/aromatic N) is 2. The van der Waals surface area contributed by atoms with E-state index in [0.717, 1.165) is 32.8 Å². The summed E-state index contributed by atoms with van der Waals surface area (Å²) in [6.07, 6.45) is 2.27. The molecule has 3 rings (SSSR count). The van der Waals surface area contributed by atoms with Gasteiger partial charge in [0.15, 0.2) is 0 Å². The standard InChI is InChI=1S/C20H25N2O/c1-2-23-16-15-21-13-14-22(17-21)20(18-9-5-3-6-10-18)19-11-7-4-8-12-19/h3-12,17,20H,2,13-16H2,1H3/q+1. The first kappa shape index (κ1) is 15.8. The van der Waals surface area contributed by atoms with Crippen LogP contribution in [-0.2, 0) is 4.74 Å². The Morgan fingerprint density at radius 3 is 2.17 bits per heavy atom. The molecule has 0 saturated carbocycles. The van der Waals surface area contributed by atoms with Gasteiger partial charge in [-0.05, 0) is 6.92 Å². The van der Waals surface area contributed by atoms with Gasteiger partial charge in [0.1, 0.15) is 25.7 Å². The van der Waals surface area contributed by atoms with Gasteiger partial charge >= 0.3 is 0 Å². The third-order valence-electron chi connectivity index (χ3n) is 4.25. The lowest BCUT2D eigenvalue weighted by molar-refractivity contribution is -0.516. The molecule has 0 fully saturated rings. The van der Waals surface area contributed by atoms with Gasteiger partial charge in [-0.3, -0.25) is 9.48 Å². The molecule has 1 aliphatic rings. The maximum atomic E-state index is 5.48. The van der Waals surface area contributed by atoms with Crippen molar-refractivity contribution in [3.8, 4) is 0 Å². The SMILES string of the molecule is CCOCC[N+]1=CN(C(c2ccccc2)c2ccccc2)CC1. The first-order valence-corrected chi connectivity index (χ1v) is 8.41. The number of ether oxygens (including phenoxy) is 1. The van der Waals surface area contributed by atoms with Crippen molar-refractivity contribution in [3.63, 3.8) is 0 Å². The predicted molar refractivity (Wildman–Crippen MR) is 94.0 cm³/mol. The highest BCUT2D eigenvalue weighted by Gasteiger charge is 2.30. The van der Waals surface area contributed by atoms with Crippen molar-refractivity contribution in [3.05, 3.63) is 71.8 Å². The Morgan fingerprint density at radius 1 is 1.00 bits per heavy atom. The number of hydrogen-bond acceptors (Lipinski definition) is 2. The van der Waals surface area contributed by atoms with Gasteiger partial charge < -0.3 is 4.74 Å². The van der Waals surface area contributed by atoms with Crippen LogP contribution in [0.3, 0.4) is 0 Å². The zero-order valence-corrected chi connectivity index (χ0v) is 13.8. The van der Waals surface area contributed by atoms with E-state index in [1.807, 2.05) is 6.92 Å². The van der Waals surface area contributed by atoms with E-state index >= 15 is 0 Å². The largest absolute Gasteiger partial charge is 0.378 e. The van der Waals surface area contributed by atoms with E-state index < -0.39 is 0 Å². The van der Waals surface area contributed by atoms with Gasteiger partial charge in [0.2, 0.25) is 6.34 Å². The van der Waals surface area contributed by atoms with Crippen LogP contribution in [0.5, 0.6) is 0 Å². The van der Waals surface area contributed by atoms with Crippen molar-refractivity contribution in [2.75, 3.05) is 32.8 Å². The van der Waals surface area contributed by atoms with Gasteiger partial charge in [-0.15, -0.1) is 0 Å². The summed E-state index contributed by atoms with van der Waals surface area (Å²) in [4.78, 5) is 2.44. The average molecular weight is 309 g/mol. The van der Waals surface area contributed by atoms with E-state index in [4.69, 9.17) is 4.74 Å². The summed E-state index contributed by atoms with van der Waals surface area (Å²) in [6, 6.07) is 21.8. The summed E-state index contributed by atoms with van der Waals surface area (Å²) in [6.45, 7) is 6.68. The minimum Gasteiger partial charge on any atom is -0.378 e. The number of rotatable bonds is 7. The van der Waals surface area contributed by atoms with Gasteiger partial charge in [-0.25, -0.2) is 0 Å². The highest BCUT2D eigenvalue weighted by molar-refractivity contribution is 5.54. The molecule has 0 bridgehead atoms. The molecule has 0 radical (unpaired) electrons. The second kappa shape index (κ2) is 7.93. The number of hydrogen-bond donors (Lipinski definition) is 0. The average Bonchev–Trinajstić information content (AvgIpc) is 3.06. The fraction of sp³-hybridized carbons (Fsp3) is 0.350. The summed E-state index contributed by atoms with van der Waals surface area (Å²) in [5.74, 6) is 0. The van der Waals surface area contributed by atoms with E-state index in [1.165, 1.54) is 11.1 Å². The molecule has 1 heterocycles. The monoisotopic (exact) mass is 309 g/mol. The third-order valence-corrected chi connectivity index (χ3v) is 4.25. The van der Waals surface area contributed by atoms with Crippen molar-refractivity contribution in [2.45, 2.75) is 13.0 Å². The van der Waals surface area contributed by atoms with Gasteiger partial charge in [-0.2, -0.15) is 0 Å². The van der Waals surface area contributed by atoms with Gasteiger partial charge in [0.05, 0.1) is 6.61 Å². The second-order valence-corrected chi connectivity index (χ2v) is 5.81. The van der Waals surface area contributed by atoms with Crippen molar-refractivity contribution in [1.82, 2.24) is 4.90 Å². The van der Waals surface area contributed by atoms with Crippen LogP contribution in [0.2, 0.25) is 0 Å². The Morgan fingerprint density at radius 2 is 1.61 bits per heavy atom. The lowest BCUT2D eigenvalue weighted by atomic mass is 9.97. The molecule has 0 spiro atoms. The maximum Gasteiger partial charge on any atom is 0.235 e. The van der Waals surface area contributed by atoms with Crippen molar-refractivity contribution >= 4 is 6.34 Å². The normalized spacial score (nSPS) is 14.3. The quantitative estimate of drug-likeness (QED) is 0.577. The molecule has 2 aromatic rings. The molecule has 0 N–H and O–H groups in total. The van der Waals surface area contributed by atoms with E-state index in [1.54, 1.807) is 0 Å². The zero-order chi connectivity index (χ0) is 15.9. The molecule has 0 aromatic heterocycles. The van der Waals surface area contributed by atoms with Crippen LogP contribution in [-0.4, -0.2) is 48.7 Å². The molecule has 3 nitrogen and oxygen atoms in total. The molecule has 23 heavy (non-hydrogen) atoms. The Kier molecular flexibility index (Phi) is 5.43. The van der Waals surface area contributed by atoms with Crippen LogP contribution in [0.1, 0.15) is 24.1 Å². The molecule has 0 saturated heterocycles. The van der Waals surface area contributed by atoms with Crippen LogP contribution in [0.25, 0.3) is 0 Å². The van der Waals surface area contributed by atoms with Crippen LogP contribution in [0.15, 0.2) is 60.7 Å². The lowest BCUT2D eigenvalue weighted by Crippen LogP contribution is -2.26. The molecular formula is C20H25N2O+. The molecule has 0 amide bonds. The highest BCUT2D eigenvalue weighted by Crippen LogP contribution is 2.28. The summed E-state index contributed by atoms with van der Waals surface area (Å²) in [7, 11) is 0. The maximum absolute atomic E-state index is 5.48. The Hall–Kier alpha value is -2.13. The Labute approximate surface area is 138 Å². The second-order valence-electron chi connectivity index (χ2n) is 5.81. The lowest BCUT2D eigenvalue weighted by Gasteiger charge is -2.21. The summed E-state index contributed by atoms with van der Waals surface area (Å²) >= 11 is 0. The molecular weight excluding hydrogens is 284 g/mol. The number of benzene rings is 2. The van der Waals surface area contributed by atoms with Crippen LogP contribution in [0.4, 0.5) is 0 Å². The molecule has 1 aliphatic heterocycles. The summed E-state index contributed by atoms with van der Waals surface area (Å²) in [5, 5.41) is 0. The molecule has 0 aliphatic carbocycles. The highest BCUT2D eigenvalue weighted by atomic mass is 16.5. The molecule has 120 valence electrons. The fourth-order valence-corrected chi connectivity index (χ4v) is 3.11. The predicted octanol–water partition coefficient (Wildman–Crippen LogP) is 3.17. The van der Waals surface area contributed by atoms with Crippen LogP contribution >= 0.6 is 0 Å². The third kappa shape index (κ3) is 3.99. The Bertz CT molecular complexity index is 585. The summed E-state index contributed by atoms with van der Waals surface area (Å²) < 4.78 is 7.84. The van der Waals surface area contributed by atoms with Crippen LogP contribution < -0.4 is 0 Å². The van der Waals surface area contributed by atoms with Gasteiger partial charge in [0.25, 0.3) is 0 Å². The molecule has 0 atom stereocenters. The minimum absolute atomic E-state index is 0.273. The smallest absolute Gasteiger partial charge is 0.235 e. The van der Waals surface area contributed by atoms with Gasteiger partial charge in [0, 0.05) is 17.7 Å². The van der Waals surface area contributed by atoms with Crippen molar-refractivity contribution < 1.29 is 9.31 Å². The van der Waals surface area contributed by atoms with E-state index in [-0.39, 0.29) is 6.04 Å². The van der Waals surface area contributed by atoms with Gasteiger partial charge in [-0.1, -0.05) is 60.7 Å². The fourth-order valence-electron chi connectivity index (χ4n) is 3.11. The summed E-state index contributed by atoms with van der Waals surface area (Å²) in [5.41, 5.74) is 2.67. The van der Waals surface area contributed by atoms with Crippen molar-refractivity contribution in [1.29, 1.82) is 0 Å². The zero-order valence-electron chi connectivity index (χ0n) is 13.8. The van der Waals surface area contributed by atoms with E-state index in [0.29, 0.717) is 0 Å². The molecule has 2 aromatic carbocycles. The van der Waals surface area contributed by atoms with Crippen LogP contribution in [0, 0.1) is 0 Å². The first-order valence-electron chi connectivity index (χ1n) is 8.41. The molecule has 0 unspecified atom stereocenters. The van der Waals surface area contributed by atoms with Crippen molar-refractivity contribution in [2.24, 2.45) is 0 Å². The topological polar surface area (TPSA) is 15.5 Å². The minimum atomic E-state index is 0.273. The molecule has 3 heteroatoms.